The van der Waals surface area contributed by atoms with Crippen LogP contribution in [-0.4, -0.2) is 4.57 Å². The molecule has 0 N–H and O–H groups in total. The Kier molecular flexibility index (Phi) is 9.17. The van der Waals surface area contributed by atoms with Crippen LogP contribution < -0.4 is 9.80 Å². The highest BCUT2D eigenvalue weighted by Gasteiger charge is 2.23. The van der Waals surface area contributed by atoms with E-state index in [0.29, 0.717) is 0 Å². The second-order valence-corrected chi connectivity index (χ2v) is 17.4. The van der Waals surface area contributed by atoms with Gasteiger partial charge in [0.25, 0.3) is 0 Å². The Bertz CT molecular complexity index is 3850. The number of hydrogen-bond donors (Lipinski definition) is 0. The fourth-order valence-electron chi connectivity index (χ4n) is 10.4. The molecule has 0 saturated heterocycles. The van der Waals surface area contributed by atoms with Gasteiger partial charge in [0, 0.05) is 56.0 Å². The van der Waals surface area contributed by atoms with Crippen LogP contribution in [0.2, 0.25) is 0 Å². The maximum atomic E-state index is 2.47. The van der Waals surface area contributed by atoms with Gasteiger partial charge in [0.2, 0.25) is 0 Å². The predicted octanol–water partition coefficient (Wildman–Crippen LogP) is 18.0. The molecule has 0 aliphatic carbocycles. The zero-order valence-electron chi connectivity index (χ0n) is 36.7. The Morgan fingerprint density at radius 1 is 0.254 bits per heavy atom. The molecule has 0 aliphatic rings. The zero-order valence-corrected chi connectivity index (χ0v) is 36.7. The second-order valence-electron chi connectivity index (χ2n) is 17.4. The highest BCUT2D eigenvalue weighted by molar-refractivity contribution is 6.32. The standard InChI is InChI=1S/C64H43N3/c1-4-22-50(23-5-1)65(53-35-32-44-18-10-12-20-46(44)38-53)55-40-49(41-56(43-55)66(51-24-6-2-7-25-51)54-36-33-45-19-11-13-21-47(45)39-54)48-34-37-62-61(42-48)63-59-30-16-14-28-57(59)58-29-15-17-31-60(58)64(63)67(62)52-26-8-3-9-27-52/h1-43H. The highest BCUT2D eigenvalue weighted by Crippen LogP contribution is 2.47. The van der Waals surface area contributed by atoms with Gasteiger partial charge in [-0.2, -0.15) is 0 Å². The quantitative estimate of drug-likeness (QED) is 0.141. The van der Waals surface area contributed by atoms with Crippen LogP contribution in [-0.2, 0) is 0 Å². The van der Waals surface area contributed by atoms with Crippen molar-refractivity contribution >= 4 is 99.0 Å². The molecule has 67 heavy (non-hydrogen) atoms. The fourth-order valence-corrected chi connectivity index (χ4v) is 10.4. The lowest BCUT2D eigenvalue weighted by Gasteiger charge is -2.30. The lowest BCUT2D eigenvalue weighted by molar-refractivity contribution is 1.19. The van der Waals surface area contributed by atoms with E-state index in [1.807, 2.05) is 0 Å². The van der Waals surface area contributed by atoms with Gasteiger partial charge < -0.3 is 14.4 Å². The average Bonchev–Trinajstić information content (AvgIpc) is 3.75. The Labute approximate surface area is 389 Å². The normalized spacial score (nSPS) is 11.6. The fraction of sp³-hybridized carbons (Fsp3) is 0. The average molecular weight is 854 g/mol. The monoisotopic (exact) mass is 853 g/mol. The minimum atomic E-state index is 1.05. The minimum absolute atomic E-state index is 1.05. The third-order valence-electron chi connectivity index (χ3n) is 13.4. The van der Waals surface area contributed by atoms with E-state index in [1.165, 1.54) is 64.9 Å². The summed E-state index contributed by atoms with van der Waals surface area (Å²) in [7, 11) is 0. The van der Waals surface area contributed by atoms with Crippen LogP contribution in [0.5, 0.6) is 0 Å². The maximum Gasteiger partial charge on any atom is 0.0625 e. The van der Waals surface area contributed by atoms with Gasteiger partial charge in [-0.3, -0.25) is 0 Å². The molecule has 0 spiro atoms. The second kappa shape index (κ2) is 16.0. The van der Waals surface area contributed by atoms with Gasteiger partial charge in [-0.1, -0.05) is 170 Å². The highest BCUT2D eigenvalue weighted by atomic mass is 15.2. The molecule has 0 unspecified atom stereocenters. The zero-order chi connectivity index (χ0) is 44.3. The van der Waals surface area contributed by atoms with Crippen molar-refractivity contribution < 1.29 is 0 Å². The van der Waals surface area contributed by atoms with Crippen molar-refractivity contribution in [2.45, 2.75) is 0 Å². The number of para-hydroxylation sites is 3. The number of hydrogen-bond acceptors (Lipinski definition) is 2. The third-order valence-corrected chi connectivity index (χ3v) is 13.4. The van der Waals surface area contributed by atoms with Gasteiger partial charge in [0.1, 0.15) is 0 Å². The lowest BCUT2D eigenvalue weighted by atomic mass is 9.95. The summed E-state index contributed by atoms with van der Waals surface area (Å²) < 4.78 is 2.47. The molecule has 13 rings (SSSR count). The molecular weight excluding hydrogens is 811 g/mol. The summed E-state index contributed by atoms with van der Waals surface area (Å²) in [4.78, 5) is 4.81. The van der Waals surface area contributed by atoms with E-state index < -0.39 is 0 Å². The summed E-state index contributed by atoms with van der Waals surface area (Å²) in [6.07, 6.45) is 0. The predicted molar refractivity (Wildman–Crippen MR) is 286 cm³/mol. The van der Waals surface area contributed by atoms with Crippen LogP contribution in [0, 0.1) is 0 Å². The summed E-state index contributed by atoms with van der Waals surface area (Å²) in [6, 6.07) is 95.2. The number of nitrogens with zero attached hydrogens (tertiary/aromatic N) is 3. The lowest BCUT2D eigenvalue weighted by Crippen LogP contribution is -2.13. The van der Waals surface area contributed by atoms with E-state index in [-0.39, 0.29) is 0 Å². The number of benzene rings is 12. The van der Waals surface area contributed by atoms with Crippen LogP contribution >= 0.6 is 0 Å². The first-order valence-electron chi connectivity index (χ1n) is 23.0. The van der Waals surface area contributed by atoms with Crippen LogP contribution in [0.15, 0.2) is 261 Å². The third kappa shape index (κ3) is 6.59. The smallest absolute Gasteiger partial charge is 0.0625 e. The Hall–Kier alpha value is -8.92. The summed E-state index contributed by atoms with van der Waals surface area (Å²) >= 11 is 0. The molecule has 1 aromatic heterocycles. The minimum Gasteiger partial charge on any atom is -0.310 e. The van der Waals surface area contributed by atoms with Gasteiger partial charge in [-0.05, 0) is 140 Å². The molecule has 3 heteroatoms. The molecule has 0 atom stereocenters. The van der Waals surface area contributed by atoms with E-state index in [1.54, 1.807) is 0 Å². The van der Waals surface area contributed by atoms with Gasteiger partial charge >= 0.3 is 0 Å². The van der Waals surface area contributed by atoms with Crippen LogP contribution in [0.3, 0.4) is 0 Å². The summed E-state index contributed by atoms with van der Waals surface area (Å²) in [5, 5.41) is 12.3. The van der Waals surface area contributed by atoms with Gasteiger partial charge in [0.15, 0.2) is 0 Å². The molecule has 1 heterocycles. The van der Waals surface area contributed by atoms with Crippen molar-refractivity contribution in [2.75, 3.05) is 9.80 Å². The molecule has 12 aromatic carbocycles. The summed E-state index contributed by atoms with van der Waals surface area (Å²) in [5.74, 6) is 0. The van der Waals surface area contributed by atoms with E-state index in [9.17, 15) is 0 Å². The number of aromatic nitrogens is 1. The number of fused-ring (bicyclic) bond motifs is 10. The van der Waals surface area contributed by atoms with E-state index in [4.69, 9.17) is 0 Å². The summed E-state index contributed by atoms with van der Waals surface area (Å²) in [6.45, 7) is 0. The Morgan fingerprint density at radius 2 is 0.716 bits per heavy atom. The van der Waals surface area contributed by atoms with Crippen molar-refractivity contribution in [2.24, 2.45) is 0 Å². The molecule has 0 saturated carbocycles. The van der Waals surface area contributed by atoms with E-state index in [2.05, 4.69) is 275 Å². The van der Waals surface area contributed by atoms with Gasteiger partial charge in [-0.25, -0.2) is 0 Å². The molecule has 314 valence electrons. The van der Waals surface area contributed by atoms with Gasteiger partial charge in [0.05, 0.1) is 11.0 Å². The molecular formula is C64H43N3. The largest absolute Gasteiger partial charge is 0.310 e. The van der Waals surface area contributed by atoms with Crippen LogP contribution in [0.1, 0.15) is 0 Å². The van der Waals surface area contributed by atoms with Gasteiger partial charge in [-0.15, -0.1) is 0 Å². The molecule has 3 nitrogen and oxygen atoms in total. The van der Waals surface area contributed by atoms with E-state index >= 15 is 0 Å². The van der Waals surface area contributed by atoms with Crippen molar-refractivity contribution in [1.82, 2.24) is 4.57 Å². The first-order chi connectivity index (χ1) is 33.2. The molecule has 0 aliphatic heterocycles. The number of rotatable bonds is 8. The van der Waals surface area contributed by atoms with Crippen LogP contribution in [0.25, 0.3) is 81.7 Å². The van der Waals surface area contributed by atoms with E-state index in [0.717, 1.165) is 50.9 Å². The van der Waals surface area contributed by atoms with Crippen molar-refractivity contribution in [3.8, 4) is 16.8 Å². The van der Waals surface area contributed by atoms with Crippen molar-refractivity contribution in [1.29, 1.82) is 0 Å². The van der Waals surface area contributed by atoms with Crippen LogP contribution in [0.4, 0.5) is 34.1 Å². The number of anilines is 6. The van der Waals surface area contributed by atoms with Crippen molar-refractivity contribution in [3.05, 3.63) is 261 Å². The maximum absolute atomic E-state index is 2.47. The molecule has 0 radical (unpaired) electrons. The van der Waals surface area contributed by atoms with Crippen molar-refractivity contribution in [3.63, 3.8) is 0 Å². The SMILES string of the molecule is c1ccc(N(c2cc(-c3ccc4c(c3)c3c5ccccc5c5ccccc5c3n4-c3ccccc3)cc(N(c3ccccc3)c3ccc4ccccc4c3)c2)c2ccc3ccccc3c2)cc1. The Balaban J connectivity index is 1.12. The summed E-state index contributed by atoms with van der Waals surface area (Å²) in [5.41, 5.74) is 12.2. The first kappa shape index (κ1) is 38.5. The molecule has 0 amide bonds. The molecule has 0 bridgehead atoms. The topological polar surface area (TPSA) is 11.4 Å². The Morgan fingerprint density at radius 3 is 1.28 bits per heavy atom. The molecule has 0 fully saturated rings. The molecule has 13 aromatic rings. The first-order valence-corrected chi connectivity index (χ1v) is 23.0.